The first-order chi connectivity index (χ1) is 9.19. The molecule has 0 saturated carbocycles. The van der Waals surface area contributed by atoms with Gasteiger partial charge in [0.1, 0.15) is 0 Å². The van der Waals surface area contributed by atoms with Crippen LogP contribution in [0, 0.1) is 0 Å². The molecule has 0 aliphatic rings. The monoisotopic (exact) mass is 274 g/mol. The zero-order valence-electron chi connectivity index (χ0n) is 10.5. The molecule has 2 N–H and O–H groups in total. The molecule has 0 unspecified atom stereocenters. The van der Waals surface area contributed by atoms with Gasteiger partial charge in [0, 0.05) is 22.5 Å². The van der Waals surface area contributed by atoms with Crippen LogP contribution in [-0.2, 0) is 10.5 Å². The molecule has 2 aromatic rings. The maximum atomic E-state index is 11.3. The van der Waals surface area contributed by atoms with E-state index in [9.17, 15) is 4.79 Å². The summed E-state index contributed by atoms with van der Waals surface area (Å²) >= 11 is 1.65. The van der Waals surface area contributed by atoms with Crippen LogP contribution in [0.25, 0.3) is 0 Å². The largest absolute Gasteiger partial charge is 0.465 e. The summed E-state index contributed by atoms with van der Waals surface area (Å²) in [6.07, 6.45) is 1.53. The molecule has 0 saturated heterocycles. The Morgan fingerprint density at radius 1 is 1.37 bits per heavy atom. The highest BCUT2D eigenvalue weighted by Crippen LogP contribution is 2.23. The van der Waals surface area contributed by atoms with Gasteiger partial charge >= 0.3 is 5.97 Å². The van der Waals surface area contributed by atoms with Crippen LogP contribution in [-0.4, -0.2) is 18.1 Å². The highest BCUT2D eigenvalue weighted by atomic mass is 32.2. The third kappa shape index (κ3) is 3.72. The van der Waals surface area contributed by atoms with Crippen LogP contribution in [0.2, 0.25) is 0 Å². The summed E-state index contributed by atoms with van der Waals surface area (Å²) in [4.78, 5) is 16.6. The molecule has 0 aliphatic heterocycles. The van der Waals surface area contributed by atoms with Gasteiger partial charge in [0.2, 0.25) is 0 Å². The van der Waals surface area contributed by atoms with E-state index in [4.69, 9.17) is 5.73 Å². The van der Waals surface area contributed by atoms with Crippen LogP contribution in [0.15, 0.2) is 47.5 Å². The molecule has 5 heteroatoms. The Kier molecular flexibility index (Phi) is 4.41. The van der Waals surface area contributed by atoms with Crippen molar-refractivity contribution >= 4 is 23.4 Å². The van der Waals surface area contributed by atoms with Crippen molar-refractivity contribution < 1.29 is 9.53 Å². The summed E-state index contributed by atoms with van der Waals surface area (Å²) < 4.78 is 4.62. The van der Waals surface area contributed by atoms with Crippen LogP contribution < -0.4 is 5.73 Å². The molecule has 0 atom stereocenters. The smallest absolute Gasteiger partial charge is 0.339 e. The lowest BCUT2D eigenvalue weighted by Gasteiger charge is -2.03. The Hall–Kier alpha value is -2.01. The van der Waals surface area contributed by atoms with Crippen LogP contribution in [0.5, 0.6) is 0 Å². The van der Waals surface area contributed by atoms with Crippen molar-refractivity contribution in [1.82, 2.24) is 4.98 Å². The second kappa shape index (κ2) is 6.24. The summed E-state index contributed by atoms with van der Waals surface area (Å²) in [5.74, 6) is 0.354. The number of hydrogen-bond acceptors (Lipinski definition) is 5. The molecular formula is C14H14N2O2S. The van der Waals surface area contributed by atoms with Gasteiger partial charge in [-0.3, -0.25) is 4.98 Å². The van der Waals surface area contributed by atoms with Gasteiger partial charge in [-0.05, 0) is 30.3 Å². The minimum Gasteiger partial charge on any atom is -0.465 e. The third-order valence-electron chi connectivity index (χ3n) is 2.49. The molecule has 1 aromatic heterocycles. The number of pyridine rings is 1. The van der Waals surface area contributed by atoms with Gasteiger partial charge in [-0.25, -0.2) is 4.79 Å². The van der Waals surface area contributed by atoms with Crippen LogP contribution in [0.1, 0.15) is 16.1 Å². The second-order valence-corrected chi connectivity index (χ2v) is 4.94. The number of nitrogens with two attached hydrogens (primary N) is 1. The lowest BCUT2D eigenvalue weighted by molar-refractivity contribution is 0.0600. The van der Waals surface area contributed by atoms with Crippen LogP contribution >= 0.6 is 11.8 Å². The highest BCUT2D eigenvalue weighted by Gasteiger charge is 2.05. The van der Waals surface area contributed by atoms with Gasteiger partial charge in [-0.1, -0.05) is 6.07 Å². The van der Waals surface area contributed by atoms with Gasteiger partial charge in [-0.15, -0.1) is 11.8 Å². The predicted octanol–water partition coefficient (Wildman–Crippen LogP) is 2.74. The van der Waals surface area contributed by atoms with Gasteiger partial charge in [0.05, 0.1) is 18.4 Å². The second-order valence-electron chi connectivity index (χ2n) is 3.89. The van der Waals surface area contributed by atoms with Crippen molar-refractivity contribution in [1.29, 1.82) is 0 Å². The zero-order valence-corrected chi connectivity index (χ0v) is 11.3. The van der Waals surface area contributed by atoms with Gasteiger partial charge in [0.25, 0.3) is 0 Å². The standard InChI is InChI=1S/C14H14N2O2S/c1-18-14(17)10-5-6-12(16-8-10)9-19-13-4-2-3-11(15)7-13/h2-8H,9,15H2,1H3. The fourth-order valence-electron chi connectivity index (χ4n) is 1.51. The van der Waals surface area contributed by atoms with Crippen molar-refractivity contribution in [3.8, 4) is 0 Å². The Bertz CT molecular complexity index is 570. The number of hydrogen-bond donors (Lipinski definition) is 1. The van der Waals surface area contributed by atoms with Crippen molar-refractivity contribution in [2.75, 3.05) is 12.8 Å². The van der Waals surface area contributed by atoms with E-state index >= 15 is 0 Å². The normalized spacial score (nSPS) is 10.2. The number of benzene rings is 1. The topological polar surface area (TPSA) is 65.2 Å². The first-order valence-corrected chi connectivity index (χ1v) is 6.69. The Labute approximate surface area is 116 Å². The highest BCUT2D eigenvalue weighted by molar-refractivity contribution is 7.98. The molecule has 0 fully saturated rings. The first-order valence-electron chi connectivity index (χ1n) is 5.70. The Balaban J connectivity index is 1.98. The number of methoxy groups -OCH3 is 1. The summed E-state index contributed by atoms with van der Waals surface area (Å²) in [5, 5.41) is 0. The number of anilines is 1. The van der Waals surface area contributed by atoms with Gasteiger partial charge in [0.15, 0.2) is 0 Å². The molecule has 0 spiro atoms. The van der Waals surface area contributed by atoms with Gasteiger partial charge in [-0.2, -0.15) is 0 Å². The summed E-state index contributed by atoms with van der Waals surface area (Å²) in [7, 11) is 1.35. The van der Waals surface area contributed by atoms with Gasteiger partial charge < -0.3 is 10.5 Å². The number of carbonyl (C=O) groups is 1. The number of rotatable bonds is 4. The molecule has 1 aromatic carbocycles. The first kappa shape index (κ1) is 13.4. The maximum absolute atomic E-state index is 11.3. The van der Waals surface area contributed by atoms with Crippen molar-refractivity contribution in [2.24, 2.45) is 0 Å². The van der Waals surface area contributed by atoms with E-state index in [1.165, 1.54) is 13.3 Å². The fourth-order valence-corrected chi connectivity index (χ4v) is 2.39. The molecule has 0 aliphatic carbocycles. The zero-order chi connectivity index (χ0) is 13.7. The summed E-state index contributed by atoms with van der Waals surface area (Å²) in [6, 6.07) is 11.2. The maximum Gasteiger partial charge on any atom is 0.339 e. The molecular weight excluding hydrogens is 260 g/mol. The summed E-state index contributed by atoms with van der Waals surface area (Å²) in [5.41, 5.74) is 7.83. The van der Waals surface area contributed by atoms with E-state index in [0.29, 0.717) is 5.56 Å². The Morgan fingerprint density at radius 2 is 2.21 bits per heavy atom. The van der Waals surface area contributed by atoms with E-state index < -0.39 is 0 Å². The quantitative estimate of drug-likeness (QED) is 0.527. The molecule has 1 heterocycles. The van der Waals surface area contributed by atoms with E-state index in [-0.39, 0.29) is 5.97 Å². The fraction of sp³-hybridized carbons (Fsp3) is 0.143. The van der Waals surface area contributed by atoms with E-state index in [2.05, 4.69) is 9.72 Å². The number of aromatic nitrogens is 1. The number of ether oxygens (including phenoxy) is 1. The molecule has 98 valence electrons. The average Bonchev–Trinajstić information content (AvgIpc) is 2.45. The SMILES string of the molecule is COC(=O)c1ccc(CSc2cccc(N)c2)nc1. The molecule has 19 heavy (non-hydrogen) atoms. The minimum absolute atomic E-state index is 0.373. The molecule has 4 nitrogen and oxygen atoms in total. The van der Waals surface area contributed by atoms with Crippen molar-refractivity contribution in [3.63, 3.8) is 0 Å². The third-order valence-corrected chi connectivity index (χ3v) is 3.52. The number of esters is 1. The lowest BCUT2D eigenvalue weighted by atomic mass is 10.2. The average molecular weight is 274 g/mol. The van der Waals surface area contributed by atoms with Crippen molar-refractivity contribution in [3.05, 3.63) is 53.9 Å². The summed E-state index contributed by atoms with van der Waals surface area (Å²) in [6.45, 7) is 0. The molecule has 2 rings (SSSR count). The Morgan fingerprint density at radius 3 is 2.84 bits per heavy atom. The van der Waals surface area contributed by atoms with E-state index in [0.717, 1.165) is 22.0 Å². The molecule has 0 amide bonds. The van der Waals surface area contributed by atoms with E-state index in [1.807, 2.05) is 30.3 Å². The molecule has 0 bridgehead atoms. The number of nitrogens with zero attached hydrogens (tertiary/aromatic N) is 1. The lowest BCUT2D eigenvalue weighted by Crippen LogP contribution is -2.02. The van der Waals surface area contributed by atoms with Crippen LogP contribution in [0.3, 0.4) is 0 Å². The number of carbonyl (C=O) groups excluding carboxylic acids is 1. The number of thioether (sulfide) groups is 1. The molecule has 0 radical (unpaired) electrons. The van der Waals surface area contributed by atoms with Crippen molar-refractivity contribution in [2.45, 2.75) is 10.6 Å². The number of nitrogen functional groups attached to an aromatic ring is 1. The van der Waals surface area contributed by atoms with Crippen LogP contribution in [0.4, 0.5) is 5.69 Å². The van der Waals surface area contributed by atoms with E-state index in [1.54, 1.807) is 17.8 Å². The predicted molar refractivity (Wildman–Crippen MR) is 76.0 cm³/mol. The minimum atomic E-state index is -0.373.